The van der Waals surface area contributed by atoms with Crippen molar-refractivity contribution < 1.29 is 62.8 Å². The number of unbranched alkanes of at least 4 members (excludes halogenated alkanes) is 2. The van der Waals surface area contributed by atoms with Gasteiger partial charge in [-0.15, -0.1) is 0 Å². The summed E-state index contributed by atoms with van der Waals surface area (Å²) in [5.41, 5.74) is 1.02. The second-order valence-electron chi connectivity index (χ2n) is 10.5. The molecule has 0 rings (SSSR count). The Bertz CT molecular complexity index is 1100. The molecule has 15 nitrogen and oxygen atoms in total. The van der Waals surface area contributed by atoms with Gasteiger partial charge in [0.2, 0.25) is 11.6 Å². The number of Topliss-reactive ketones (excluding diaryl/α,β-unsaturated/α-hetero) is 2. The Hall–Kier alpha value is -4.76. The predicted molar refractivity (Wildman–Crippen MR) is 179 cm³/mol. The maximum atomic E-state index is 11.6. The zero-order valence-electron chi connectivity index (χ0n) is 29.1. The van der Waals surface area contributed by atoms with Gasteiger partial charge in [-0.25, -0.2) is 19.2 Å². The molecule has 0 saturated heterocycles. The Morgan fingerprint density at radius 3 is 1.20 bits per heavy atom. The lowest BCUT2D eigenvalue weighted by Crippen LogP contribution is -2.32. The number of hydrogen-bond acceptors (Lipinski definition) is 13. The summed E-state index contributed by atoms with van der Waals surface area (Å²) in [6, 6.07) is 0. The summed E-state index contributed by atoms with van der Waals surface area (Å²) in [7, 11) is 0. The van der Waals surface area contributed by atoms with Crippen molar-refractivity contribution in [2.75, 3.05) is 39.5 Å². The van der Waals surface area contributed by atoms with Gasteiger partial charge in [-0.05, 0) is 66.2 Å². The Kier molecular flexibility index (Phi) is 30.3. The molecule has 0 atom stereocenters. The van der Waals surface area contributed by atoms with Crippen LogP contribution in [0.3, 0.4) is 0 Å². The van der Waals surface area contributed by atoms with E-state index in [0.29, 0.717) is 56.2 Å². The number of carbonyl (C=O) groups excluding carboxylic acids is 8. The number of amides is 2. The maximum Gasteiger partial charge on any atom is 0.340 e. The fourth-order valence-electron chi connectivity index (χ4n) is 2.60. The highest BCUT2D eigenvalue weighted by Gasteiger charge is 2.14. The normalized spacial score (nSPS) is 9.51. The van der Waals surface area contributed by atoms with E-state index in [0.717, 1.165) is 0 Å². The van der Waals surface area contributed by atoms with Crippen LogP contribution in [0.4, 0.5) is 0 Å². The van der Waals surface area contributed by atoms with Crippen LogP contribution in [0, 0.1) is 0 Å². The van der Waals surface area contributed by atoms with E-state index in [9.17, 15) is 38.4 Å². The quantitative estimate of drug-likeness (QED) is 0.0317. The third kappa shape index (κ3) is 30.3. The van der Waals surface area contributed by atoms with Crippen molar-refractivity contribution in [2.24, 2.45) is 0 Å². The zero-order chi connectivity index (χ0) is 38.4. The summed E-state index contributed by atoms with van der Waals surface area (Å²) in [6.07, 6.45) is 3.14. The standard InChI is InChI=1S/C17H25NO6.C9H17NO4.C8H10O3/c1-12(2)16(21)23-10-6-5-8-14(19)15(20)18-9-7-11-24-17(22)13(3)4;11-6-2-1-4-8(13)9(14)10-5-3-7-12;1-5(2)7(9)11-8(10)6(3)4/h1,3,5-11H2,2,4H3,(H,18,20);11-12H,1-7H2,(H,10,14);1,3H2,2,4H3. The van der Waals surface area contributed by atoms with Gasteiger partial charge in [0.1, 0.15) is 0 Å². The van der Waals surface area contributed by atoms with E-state index in [4.69, 9.17) is 19.7 Å². The van der Waals surface area contributed by atoms with Gasteiger partial charge in [0.05, 0.1) is 13.2 Å². The molecule has 0 aromatic carbocycles. The van der Waals surface area contributed by atoms with E-state index in [-0.39, 0.29) is 57.0 Å². The first-order valence-corrected chi connectivity index (χ1v) is 15.5. The molecule has 15 heteroatoms. The molecule has 0 aromatic heterocycles. The average Bonchev–Trinajstić information content (AvgIpc) is 3.04. The number of carbonyl (C=O) groups is 8. The van der Waals surface area contributed by atoms with E-state index in [2.05, 4.69) is 41.7 Å². The van der Waals surface area contributed by atoms with Crippen LogP contribution in [0.2, 0.25) is 0 Å². The minimum Gasteiger partial charge on any atom is -0.462 e. The first-order valence-electron chi connectivity index (χ1n) is 15.5. The summed E-state index contributed by atoms with van der Waals surface area (Å²) in [6.45, 7) is 20.5. The van der Waals surface area contributed by atoms with Crippen LogP contribution in [0.5, 0.6) is 0 Å². The molecule has 0 aliphatic carbocycles. The predicted octanol–water partition coefficient (Wildman–Crippen LogP) is 1.90. The van der Waals surface area contributed by atoms with Crippen LogP contribution >= 0.6 is 0 Å². The number of aliphatic hydroxyl groups excluding tert-OH is 2. The molecule has 0 aromatic rings. The van der Waals surface area contributed by atoms with E-state index in [1.54, 1.807) is 13.8 Å². The van der Waals surface area contributed by atoms with Gasteiger partial charge in [0.15, 0.2) is 0 Å². The maximum absolute atomic E-state index is 11.6. The van der Waals surface area contributed by atoms with Crippen LogP contribution < -0.4 is 10.6 Å². The Morgan fingerprint density at radius 1 is 0.490 bits per heavy atom. The zero-order valence-corrected chi connectivity index (χ0v) is 29.1. The van der Waals surface area contributed by atoms with Gasteiger partial charge in [0, 0.05) is 61.4 Å². The molecule has 0 saturated carbocycles. The summed E-state index contributed by atoms with van der Waals surface area (Å²) in [4.78, 5) is 88.7. The van der Waals surface area contributed by atoms with Crippen LogP contribution in [0.15, 0.2) is 48.6 Å². The molecular weight excluding hydrogens is 644 g/mol. The number of hydrogen-bond donors (Lipinski definition) is 4. The molecule has 0 fully saturated rings. The molecule has 0 unspecified atom stereocenters. The average molecular weight is 697 g/mol. The molecule has 4 N–H and O–H groups in total. The van der Waals surface area contributed by atoms with E-state index in [1.165, 1.54) is 13.8 Å². The molecule has 0 bridgehead atoms. The molecule has 0 spiro atoms. The molecule has 0 radical (unpaired) electrons. The molecule has 276 valence electrons. The molecular formula is C34H52N2O13. The van der Waals surface area contributed by atoms with Crippen molar-refractivity contribution >= 4 is 47.3 Å². The number of rotatable bonds is 22. The highest BCUT2D eigenvalue weighted by molar-refractivity contribution is 6.36. The van der Waals surface area contributed by atoms with Crippen molar-refractivity contribution in [3.63, 3.8) is 0 Å². The van der Waals surface area contributed by atoms with Crippen molar-refractivity contribution in [1.82, 2.24) is 10.6 Å². The monoisotopic (exact) mass is 696 g/mol. The highest BCUT2D eigenvalue weighted by Crippen LogP contribution is 2.01. The van der Waals surface area contributed by atoms with Crippen LogP contribution in [0.25, 0.3) is 0 Å². The van der Waals surface area contributed by atoms with Crippen LogP contribution in [0.1, 0.15) is 79.1 Å². The van der Waals surface area contributed by atoms with Crippen LogP contribution in [-0.2, 0) is 52.6 Å². The number of ketones is 2. The van der Waals surface area contributed by atoms with Gasteiger partial charge < -0.3 is 35.1 Å². The fraction of sp³-hybridized carbons (Fsp3) is 0.529. The minimum absolute atomic E-state index is 0.00101. The third-order valence-electron chi connectivity index (χ3n) is 5.39. The summed E-state index contributed by atoms with van der Waals surface area (Å²) in [5, 5.41) is 21.7. The molecule has 0 aliphatic heterocycles. The van der Waals surface area contributed by atoms with Gasteiger partial charge in [-0.1, -0.05) is 26.3 Å². The molecule has 49 heavy (non-hydrogen) atoms. The van der Waals surface area contributed by atoms with Gasteiger partial charge in [0.25, 0.3) is 11.8 Å². The van der Waals surface area contributed by atoms with Gasteiger partial charge >= 0.3 is 23.9 Å². The smallest absolute Gasteiger partial charge is 0.340 e. The highest BCUT2D eigenvalue weighted by atomic mass is 16.6. The first kappa shape index (κ1) is 48.6. The summed E-state index contributed by atoms with van der Waals surface area (Å²) < 4.78 is 14.0. The largest absolute Gasteiger partial charge is 0.462 e. The molecule has 0 aliphatic rings. The summed E-state index contributed by atoms with van der Waals surface area (Å²) >= 11 is 0. The van der Waals surface area contributed by atoms with Crippen molar-refractivity contribution in [3.05, 3.63) is 48.6 Å². The van der Waals surface area contributed by atoms with Gasteiger partial charge in [-0.2, -0.15) is 0 Å². The van der Waals surface area contributed by atoms with E-state index < -0.39 is 47.3 Å². The lowest BCUT2D eigenvalue weighted by atomic mass is 10.1. The van der Waals surface area contributed by atoms with Crippen molar-refractivity contribution in [3.8, 4) is 0 Å². The topological polar surface area (TPSA) is 229 Å². The minimum atomic E-state index is -0.710. The van der Waals surface area contributed by atoms with Crippen molar-refractivity contribution in [2.45, 2.75) is 79.1 Å². The van der Waals surface area contributed by atoms with E-state index >= 15 is 0 Å². The number of nitrogens with one attached hydrogen (secondary N) is 2. The fourth-order valence-corrected chi connectivity index (χ4v) is 2.60. The third-order valence-corrected chi connectivity index (χ3v) is 5.39. The summed E-state index contributed by atoms with van der Waals surface area (Å²) in [5.74, 6) is -4.62. The Balaban J connectivity index is -0.000000715. The SMILES string of the molecule is C=C(C)C(=O)OC(=O)C(=C)C.C=C(C)C(=O)OCCCCC(=O)C(=O)NCCCOC(=O)C(=C)C.O=C(CCCCO)C(=O)NCCCO. The number of ether oxygens (including phenoxy) is 3. The lowest BCUT2D eigenvalue weighted by Gasteiger charge is -2.06. The molecule has 0 heterocycles. The lowest BCUT2D eigenvalue weighted by molar-refractivity contribution is -0.154. The Labute approximate surface area is 287 Å². The van der Waals surface area contributed by atoms with Crippen LogP contribution in [-0.4, -0.2) is 97.0 Å². The molecule has 2 amide bonds. The first-order chi connectivity index (χ1) is 22.9. The second kappa shape index (κ2) is 30.6. The van der Waals surface area contributed by atoms with E-state index in [1.807, 2.05) is 0 Å². The number of esters is 4. The second-order valence-corrected chi connectivity index (χ2v) is 10.5. The van der Waals surface area contributed by atoms with Crippen molar-refractivity contribution in [1.29, 1.82) is 0 Å². The Morgan fingerprint density at radius 2 is 0.837 bits per heavy atom. The number of aliphatic hydroxyl groups is 2. The van der Waals surface area contributed by atoms with Gasteiger partial charge in [-0.3, -0.25) is 19.2 Å².